The van der Waals surface area contributed by atoms with E-state index in [0.717, 1.165) is 5.69 Å². The topological polar surface area (TPSA) is 74.2 Å². The Morgan fingerprint density at radius 3 is 2.90 bits per heavy atom. The summed E-state index contributed by atoms with van der Waals surface area (Å²) in [5, 5.41) is 16.7. The molecule has 1 aromatic heterocycles. The second kappa shape index (κ2) is 6.97. The average Bonchev–Trinajstić information content (AvgIpc) is 2.96. The number of hydrogen-bond acceptors (Lipinski definition) is 4. The molecule has 2 rings (SSSR count). The third-order valence-corrected chi connectivity index (χ3v) is 3.27. The molecule has 0 aliphatic carbocycles. The fraction of sp³-hybridized carbons (Fsp3) is 0.231. The van der Waals surface area contributed by atoms with Gasteiger partial charge in [0.15, 0.2) is 0 Å². The van der Waals surface area contributed by atoms with Gasteiger partial charge < -0.3 is 15.7 Å². The monoisotopic (exact) mass is 295 g/mol. The molecule has 1 unspecified atom stereocenters. The molecule has 2 aromatic rings. The number of nitrogens with zero attached hydrogens (tertiary/aromatic N) is 1. The van der Waals surface area contributed by atoms with E-state index >= 15 is 0 Å². The molecule has 0 fully saturated rings. The highest BCUT2D eigenvalue weighted by molar-refractivity contribution is 7.07. The maximum absolute atomic E-state index is 13.4. The Hall–Kier alpha value is -1.99. The third kappa shape index (κ3) is 4.01. The minimum atomic E-state index is -1.08. The van der Waals surface area contributed by atoms with Crippen molar-refractivity contribution < 1.29 is 14.3 Å². The van der Waals surface area contributed by atoms with Gasteiger partial charge in [0.25, 0.3) is 0 Å². The zero-order chi connectivity index (χ0) is 14.4. The maximum atomic E-state index is 13.4. The molecule has 1 aromatic carbocycles. The van der Waals surface area contributed by atoms with Crippen LogP contribution >= 0.6 is 11.3 Å². The van der Waals surface area contributed by atoms with Crippen LogP contribution in [0.2, 0.25) is 0 Å². The quantitative estimate of drug-likeness (QED) is 0.787. The van der Waals surface area contributed by atoms with Crippen LogP contribution in [-0.2, 0) is 6.54 Å². The van der Waals surface area contributed by atoms with Gasteiger partial charge in [-0.25, -0.2) is 14.2 Å². The second-order valence-corrected chi connectivity index (χ2v) is 4.80. The standard InChI is InChI=1S/C13H14FN3O2S/c14-11-4-2-1-3-10(11)12(18)6-16-13(19)15-5-9-7-20-8-17-9/h1-4,7-8,12,18H,5-6H2,(H2,15,16,19). The Kier molecular flexibility index (Phi) is 5.03. The summed E-state index contributed by atoms with van der Waals surface area (Å²) in [6, 6.07) is 5.48. The lowest BCUT2D eigenvalue weighted by Crippen LogP contribution is -2.37. The number of hydrogen-bond donors (Lipinski definition) is 3. The van der Waals surface area contributed by atoms with Gasteiger partial charge in [0.1, 0.15) is 5.82 Å². The van der Waals surface area contributed by atoms with E-state index in [9.17, 15) is 14.3 Å². The Balaban J connectivity index is 1.77. The van der Waals surface area contributed by atoms with E-state index in [1.165, 1.54) is 23.5 Å². The molecule has 5 nitrogen and oxygen atoms in total. The molecule has 7 heteroatoms. The molecule has 1 heterocycles. The van der Waals surface area contributed by atoms with Crippen LogP contribution in [0.25, 0.3) is 0 Å². The molecule has 20 heavy (non-hydrogen) atoms. The summed E-state index contributed by atoms with van der Waals surface area (Å²) in [4.78, 5) is 15.5. The zero-order valence-electron chi connectivity index (χ0n) is 10.5. The van der Waals surface area contributed by atoms with Crippen molar-refractivity contribution in [2.24, 2.45) is 0 Å². The lowest BCUT2D eigenvalue weighted by atomic mass is 10.1. The first-order valence-corrected chi connectivity index (χ1v) is 6.92. The van der Waals surface area contributed by atoms with E-state index < -0.39 is 18.0 Å². The van der Waals surface area contributed by atoms with Gasteiger partial charge in [-0.05, 0) is 6.07 Å². The van der Waals surface area contributed by atoms with Crippen molar-refractivity contribution in [3.8, 4) is 0 Å². The van der Waals surface area contributed by atoms with E-state index in [0.29, 0.717) is 6.54 Å². The number of thiazole rings is 1. The molecule has 0 radical (unpaired) electrons. The van der Waals surface area contributed by atoms with Gasteiger partial charge in [-0.2, -0.15) is 0 Å². The van der Waals surface area contributed by atoms with Gasteiger partial charge >= 0.3 is 6.03 Å². The third-order valence-electron chi connectivity index (χ3n) is 2.63. The van der Waals surface area contributed by atoms with Gasteiger partial charge in [0.2, 0.25) is 0 Å². The summed E-state index contributed by atoms with van der Waals surface area (Å²) in [5.41, 5.74) is 2.60. The Morgan fingerprint density at radius 1 is 1.40 bits per heavy atom. The lowest BCUT2D eigenvalue weighted by molar-refractivity contribution is 0.169. The van der Waals surface area contributed by atoms with Gasteiger partial charge in [-0.3, -0.25) is 0 Å². The molecular formula is C13H14FN3O2S. The highest BCUT2D eigenvalue weighted by Gasteiger charge is 2.13. The number of aliphatic hydroxyl groups is 1. The van der Waals surface area contributed by atoms with E-state index in [-0.39, 0.29) is 12.1 Å². The number of carbonyl (C=O) groups excluding carboxylic acids is 1. The van der Waals surface area contributed by atoms with Crippen molar-refractivity contribution >= 4 is 17.4 Å². The van der Waals surface area contributed by atoms with Crippen LogP contribution < -0.4 is 10.6 Å². The molecule has 0 aliphatic heterocycles. The number of amides is 2. The number of carbonyl (C=O) groups is 1. The maximum Gasteiger partial charge on any atom is 0.315 e. The molecule has 0 spiro atoms. The van der Waals surface area contributed by atoms with Crippen LogP contribution in [0.4, 0.5) is 9.18 Å². The molecule has 2 amide bonds. The normalized spacial score (nSPS) is 11.9. The largest absolute Gasteiger partial charge is 0.386 e. The summed E-state index contributed by atoms with van der Waals surface area (Å²) in [6.45, 7) is 0.245. The predicted octanol–water partition coefficient (Wildman–Crippen LogP) is 1.82. The zero-order valence-corrected chi connectivity index (χ0v) is 11.4. The van der Waals surface area contributed by atoms with Gasteiger partial charge in [0.05, 0.1) is 23.9 Å². The molecule has 0 saturated carbocycles. The molecule has 106 valence electrons. The number of aliphatic hydroxyl groups excluding tert-OH is 1. The smallest absolute Gasteiger partial charge is 0.315 e. The van der Waals surface area contributed by atoms with Crippen LogP contribution in [-0.4, -0.2) is 22.7 Å². The number of urea groups is 1. The second-order valence-electron chi connectivity index (χ2n) is 4.08. The number of aromatic nitrogens is 1. The van der Waals surface area contributed by atoms with E-state index in [1.54, 1.807) is 17.6 Å². The van der Waals surface area contributed by atoms with Crippen LogP contribution in [0.5, 0.6) is 0 Å². The first-order valence-electron chi connectivity index (χ1n) is 5.98. The van der Waals surface area contributed by atoms with E-state index in [2.05, 4.69) is 15.6 Å². The van der Waals surface area contributed by atoms with E-state index in [1.807, 2.05) is 5.38 Å². The highest BCUT2D eigenvalue weighted by Crippen LogP contribution is 2.15. The summed E-state index contributed by atoms with van der Waals surface area (Å²) in [5.74, 6) is -0.496. The molecular weight excluding hydrogens is 281 g/mol. The Bertz CT molecular complexity index is 563. The number of halogens is 1. The molecule has 1 atom stereocenters. The van der Waals surface area contributed by atoms with Crippen LogP contribution in [0, 0.1) is 5.82 Å². The van der Waals surface area contributed by atoms with Crippen LogP contribution in [0.15, 0.2) is 35.2 Å². The van der Waals surface area contributed by atoms with Crippen molar-refractivity contribution in [1.29, 1.82) is 0 Å². The number of nitrogens with one attached hydrogen (secondary N) is 2. The minimum Gasteiger partial charge on any atom is -0.386 e. The van der Waals surface area contributed by atoms with Crippen molar-refractivity contribution in [3.63, 3.8) is 0 Å². The van der Waals surface area contributed by atoms with Crippen molar-refractivity contribution in [2.75, 3.05) is 6.54 Å². The summed E-state index contributed by atoms with van der Waals surface area (Å²) in [7, 11) is 0. The first-order chi connectivity index (χ1) is 9.66. The first kappa shape index (κ1) is 14.4. The average molecular weight is 295 g/mol. The summed E-state index contributed by atoms with van der Waals surface area (Å²) >= 11 is 1.44. The minimum absolute atomic E-state index is 0.0656. The van der Waals surface area contributed by atoms with Gasteiger partial charge in [0, 0.05) is 17.5 Å². The van der Waals surface area contributed by atoms with Crippen molar-refractivity contribution in [3.05, 3.63) is 52.2 Å². The Labute approximate surface area is 119 Å². The molecule has 0 saturated heterocycles. The summed E-state index contributed by atoms with van der Waals surface area (Å²) < 4.78 is 13.4. The van der Waals surface area contributed by atoms with Gasteiger partial charge in [-0.15, -0.1) is 11.3 Å². The highest BCUT2D eigenvalue weighted by atomic mass is 32.1. The van der Waals surface area contributed by atoms with Crippen molar-refractivity contribution in [2.45, 2.75) is 12.6 Å². The van der Waals surface area contributed by atoms with E-state index in [4.69, 9.17) is 0 Å². The molecule has 0 aliphatic rings. The molecule has 0 bridgehead atoms. The van der Waals surface area contributed by atoms with Crippen LogP contribution in [0.3, 0.4) is 0 Å². The Morgan fingerprint density at radius 2 is 2.20 bits per heavy atom. The van der Waals surface area contributed by atoms with Crippen LogP contribution in [0.1, 0.15) is 17.4 Å². The SMILES string of the molecule is O=C(NCc1cscn1)NCC(O)c1ccccc1F. The number of benzene rings is 1. The lowest BCUT2D eigenvalue weighted by Gasteiger charge is -2.13. The predicted molar refractivity (Wildman–Crippen MR) is 73.7 cm³/mol. The van der Waals surface area contributed by atoms with Crippen molar-refractivity contribution in [1.82, 2.24) is 15.6 Å². The number of rotatable bonds is 5. The summed E-state index contributed by atoms with van der Waals surface area (Å²) in [6.07, 6.45) is -1.08. The molecule has 3 N–H and O–H groups in total. The fourth-order valence-corrected chi connectivity index (χ4v) is 2.16. The fourth-order valence-electron chi connectivity index (χ4n) is 1.60. The van der Waals surface area contributed by atoms with Gasteiger partial charge in [-0.1, -0.05) is 18.2 Å².